The largest absolute Gasteiger partial charge is 0.392 e. The van der Waals surface area contributed by atoms with Crippen LogP contribution in [-0.2, 0) is 0 Å². The van der Waals surface area contributed by atoms with E-state index < -0.39 is 0 Å². The van der Waals surface area contributed by atoms with Gasteiger partial charge in [0.05, 0.1) is 6.10 Å². The van der Waals surface area contributed by atoms with Gasteiger partial charge in [-0.2, -0.15) is 0 Å². The number of rotatable bonds is 3. The predicted octanol–water partition coefficient (Wildman–Crippen LogP) is 2.87. The molecule has 0 radical (unpaired) electrons. The first-order valence-electron chi connectivity index (χ1n) is 5.91. The van der Waals surface area contributed by atoms with Crippen molar-refractivity contribution < 1.29 is 5.11 Å². The van der Waals surface area contributed by atoms with Crippen LogP contribution in [0.4, 0.5) is 0 Å². The molecule has 90 valence electrons. The number of hydrogen-bond donors (Lipinski definition) is 2. The molecule has 3 atom stereocenters. The first-order chi connectivity index (χ1) is 7.43. The Labute approximate surface area is 102 Å². The Balaban J connectivity index is 1.99. The Kier molecular flexibility index (Phi) is 3.12. The van der Waals surface area contributed by atoms with Gasteiger partial charge in [-0.25, -0.2) is 0 Å². The minimum absolute atomic E-state index is 0.0133. The van der Waals surface area contributed by atoms with Crippen molar-refractivity contribution in [3.05, 3.63) is 21.9 Å². The van der Waals surface area contributed by atoms with E-state index in [0.717, 1.165) is 6.42 Å². The Morgan fingerprint density at radius 1 is 1.56 bits per heavy atom. The van der Waals surface area contributed by atoms with E-state index in [-0.39, 0.29) is 11.5 Å². The summed E-state index contributed by atoms with van der Waals surface area (Å²) in [5.74, 6) is 0. The molecule has 0 aliphatic heterocycles. The smallest absolute Gasteiger partial charge is 0.0621 e. The molecule has 2 nitrogen and oxygen atoms in total. The fourth-order valence-corrected chi connectivity index (χ4v) is 3.34. The lowest BCUT2D eigenvalue weighted by atomic mass is 9.64. The van der Waals surface area contributed by atoms with Crippen molar-refractivity contribution in [2.75, 3.05) is 0 Å². The van der Waals surface area contributed by atoms with E-state index in [4.69, 9.17) is 0 Å². The molecule has 0 spiro atoms. The molecule has 16 heavy (non-hydrogen) atoms. The van der Waals surface area contributed by atoms with Gasteiger partial charge in [-0.15, -0.1) is 11.3 Å². The van der Waals surface area contributed by atoms with E-state index in [0.29, 0.717) is 12.1 Å². The van der Waals surface area contributed by atoms with Crippen molar-refractivity contribution in [2.24, 2.45) is 5.41 Å². The molecule has 1 saturated carbocycles. The van der Waals surface area contributed by atoms with Crippen LogP contribution in [0.1, 0.15) is 43.7 Å². The van der Waals surface area contributed by atoms with Crippen molar-refractivity contribution >= 4 is 11.3 Å². The fraction of sp³-hybridized carbons (Fsp3) is 0.692. The zero-order valence-corrected chi connectivity index (χ0v) is 11.3. The number of nitrogens with one attached hydrogen (secondary N) is 1. The molecule has 3 unspecified atom stereocenters. The highest BCUT2D eigenvalue weighted by Crippen LogP contribution is 2.41. The fourth-order valence-electron chi connectivity index (χ4n) is 2.39. The third-order valence-corrected chi connectivity index (χ3v) is 5.16. The lowest BCUT2D eigenvalue weighted by Crippen LogP contribution is -2.60. The van der Waals surface area contributed by atoms with Gasteiger partial charge in [-0.3, -0.25) is 0 Å². The van der Waals surface area contributed by atoms with E-state index in [1.54, 1.807) is 0 Å². The molecule has 0 aromatic carbocycles. The van der Waals surface area contributed by atoms with Crippen LogP contribution in [0.15, 0.2) is 11.4 Å². The third kappa shape index (κ3) is 1.92. The van der Waals surface area contributed by atoms with Crippen LogP contribution in [0.5, 0.6) is 0 Å². The van der Waals surface area contributed by atoms with Gasteiger partial charge < -0.3 is 10.4 Å². The molecular weight excluding hydrogens is 218 g/mol. The van der Waals surface area contributed by atoms with Gasteiger partial charge in [-0.05, 0) is 37.3 Å². The van der Waals surface area contributed by atoms with E-state index in [2.05, 4.69) is 44.5 Å². The van der Waals surface area contributed by atoms with Crippen LogP contribution >= 0.6 is 11.3 Å². The van der Waals surface area contributed by atoms with E-state index in [1.165, 1.54) is 10.4 Å². The zero-order chi connectivity index (χ0) is 11.9. The highest BCUT2D eigenvalue weighted by Gasteiger charge is 2.47. The monoisotopic (exact) mass is 239 g/mol. The first kappa shape index (κ1) is 12.1. The number of aryl methyl sites for hydroxylation is 1. The zero-order valence-electron chi connectivity index (χ0n) is 10.4. The van der Waals surface area contributed by atoms with Gasteiger partial charge >= 0.3 is 0 Å². The SMILES string of the molecule is Cc1ccsc1C(C)NC1CC(O)C1(C)C. The quantitative estimate of drug-likeness (QED) is 0.850. The summed E-state index contributed by atoms with van der Waals surface area (Å²) in [4.78, 5) is 1.41. The first-order valence-corrected chi connectivity index (χ1v) is 6.79. The number of aliphatic hydroxyl groups is 1. The molecule has 1 aromatic rings. The average Bonchev–Trinajstić information content (AvgIpc) is 2.64. The van der Waals surface area contributed by atoms with Crippen molar-refractivity contribution in [3.63, 3.8) is 0 Å². The Hall–Kier alpha value is -0.380. The van der Waals surface area contributed by atoms with Gasteiger partial charge in [-0.1, -0.05) is 13.8 Å². The van der Waals surface area contributed by atoms with E-state index >= 15 is 0 Å². The van der Waals surface area contributed by atoms with Crippen LogP contribution < -0.4 is 5.32 Å². The summed E-state index contributed by atoms with van der Waals surface area (Å²) < 4.78 is 0. The highest BCUT2D eigenvalue weighted by molar-refractivity contribution is 7.10. The van der Waals surface area contributed by atoms with Crippen molar-refractivity contribution in [3.8, 4) is 0 Å². The molecule has 3 heteroatoms. The Morgan fingerprint density at radius 2 is 2.25 bits per heavy atom. The normalized spacial score (nSPS) is 29.8. The molecule has 1 heterocycles. The van der Waals surface area contributed by atoms with Crippen LogP contribution in [0.3, 0.4) is 0 Å². The second kappa shape index (κ2) is 4.13. The van der Waals surface area contributed by atoms with Crippen LogP contribution in [0.25, 0.3) is 0 Å². The topological polar surface area (TPSA) is 32.3 Å². The lowest BCUT2D eigenvalue weighted by Gasteiger charge is -2.50. The maximum atomic E-state index is 9.71. The van der Waals surface area contributed by atoms with Gasteiger partial charge in [0, 0.05) is 22.4 Å². The molecule has 0 amide bonds. The minimum Gasteiger partial charge on any atom is -0.392 e. The van der Waals surface area contributed by atoms with Crippen molar-refractivity contribution in [1.82, 2.24) is 5.32 Å². The standard InChI is InChI=1S/C13H21NOS/c1-8-5-6-16-12(8)9(2)14-10-7-11(15)13(10,3)4/h5-6,9-11,14-15H,7H2,1-4H3. The van der Waals surface area contributed by atoms with E-state index in [1.807, 2.05) is 11.3 Å². The second-order valence-corrected chi connectivity index (χ2v) is 6.43. The molecular formula is C13H21NOS. The maximum absolute atomic E-state index is 9.71. The average molecular weight is 239 g/mol. The van der Waals surface area contributed by atoms with E-state index in [9.17, 15) is 5.11 Å². The summed E-state index contributed by atoms with van der Waals surface area (Å²) in [5.41, 5.74) is 1.38. The molecule has 2 N–H and O–H groups in total. The summed E-state index contributed by atoms with van der Waals surface area (Å²) in [6.07, 6.45) is 0.725. The molecule has 0 saturated heterocycles. The third-order valence-electron chi connectivity index (χ3n) is 3.96. The summed E-state index contributed by atoms with van der Waals surface area (Å²) in [7, 11) is 0. The minimum atomic E-state index is -0.151. The van der Waals surface area contributed by atoms with Crippen molar-refractivity contribution in [2.45, 2.75) is 52.3 Å². The number of thiophene rings is 1. The summed E-state index contributed by atoms with van der Waals surface area (Å²) in [6, 6.07) is 2.98. The molecule has 0 bridgehead atoms. The highest BCUT2D eigenvalue weighted by atomic mass is 32.1. The summed E-state index contributed by atoms with van der Waals surface area (Å²) >= 11 is 1.81. The molecule has 1 aromatic heterocycles. The Morgan fingerprint density at radius 3 is 2.69 bits per heavy atom. The molecule has 2 rings (SSSR count). The molecule has 1 aliphatic rings. The van der Waals surface area contributed by atoms with Gasteiger partial charge in [0.15, 0.2) is 0 Å². The van der Waals surface area contributed by atoms with Gasteiger partial charge in [0.25, 0.3) is 0 Å². The predicted molar refractivity (Wildman–Crippen MR) is 68.8 cm³/mol. The molecule has 1 fully saturated rings. The van der Waals surface area contributed by atoms with Crippen LogP contribution in [-0.4, -0.2) is 17.3 Å². The number of hydrogen-bond acceptors (Lipinski definition) is 3. The van der Waals surface area contributed by atoms with Crippen LogP contribution in [0, 0.1) is 12.3 Å². The van der Waals surface area contributed by atoms with Crippen LogP contribution in [0.2, 0.25) is 0 Å². The van der Waals surface area contributed by atoms with Gasteiger partial charge in [0.2, 0.25) is 0 Å². The van der Waals surface area contributed by atoms with Crippen molar-refractivity contribution in [1.29, 1.82) is 0 Å². The lowest BCUT2D eigenvalue weighted by molar-refractivity contribution is -0.0753. The summed E-state index contributed by atoms with van der Waals surface area (Å²) in [6.45, 7) is 8.63. The second-order valence-electron chi connectivity index (χ2n) is 5.48. The molecule has 1 aliphatic carbocycles. The van der Waals surface area contributed by atoms with Gasteiger partial charge in [0.1, 0.15) is 0 Å². The summed E-state index contributed by atoms with van der Waals surface area (Å²) in [5, 5.41) is 15.5. The number of aliphatic hydroxyl groups excluding tert-OH is 1. The maximum Gasteiger partial charge on any atom is 0.0621 e. The Bertz CT molecular complexity index is 372.